The van der Waals surface area contributed by atoms with Crippen LogP contribution in [0.3, 0.4) is 0 Å². The second-order valence-corrected chi connectivity index (χ2v) is 11.1. The smallest absolute Gasteiger partial charge is 0.192 e. The van der Waals surface area contributed by atoms with Crippen molar-refractivity contribution in [2.45, 2.75) is 45.5 Å². The Morgan fingerprint density at radius 1 is 1.28 bits per heavy atom. The lowest BCUT2D eigenvalue weighted by molar-refractivity contribution is 0.276. The number of fused-ring (bicyclic) bond motifs is 1. The number of hydrogen-bond donors (Lipinski definition) is 0. The standard InChI is InChI=1S/C14H22N2OSi/c1-14(2,3)18(4,5)17-11-12-6-7-13-15-8-9-16(13)10-12/h6-10H,11H2,1-5H3. The lowest BCUT2D eigenvalue weighted by atomic mass is 10.2. The van der Waals surface area contributed by atoms with Crippen molar-refractivity contribution in [3.63, 3.8) is 0 Å². The van der Waals surface area contributed by atoms with Crippen molar-refractivity contribution >= 4 is 14.0 Å². The molecule has 0 aliphatic heterocycles. The van der Waals surface area contributed by atoms with E-state index in [2.05, 4.69) is 51.1 Å². The Hall–Kier alpha value is -1.13. The molecule has 3 nitrogen and oxygen atoms in total. The zero-order valence-electron chi connectivity index (χ0n) is 11.9. The Kier molecular flexibility index (Phi) is 3.34. The van der Waals surface area contributed by atoms with Crippen molar-refractivity contribution in [1.82, 2.24) is 9.38 Å². The number of hydrogen-bond acceptors (Lipinski definition) is 2. The molecule has 2 heterocycles. The highest BCUT2D eigenvalue weighted by Crippen LogP contribution is 2.37. The first-order valence-electron chi connectivity index (χ1n) is 6.35. The molecule has 0 aliphatic rings. The predicted molar refractivity (Wildman–Crippen MR) is 77.2 cm³/mol. The monoisotopic (exact) mass is 262 g/mol. The number of nitrogens with zero attached hydrogens (tertiary/aromatic N) is 2. The van der Waals surface area contributed by atoms with Gasteiger partial charge in [0.1, 0.15) is 5.65 Å². The van der Waals surface area contributed by atoms with Crippen LogP contribution in [-0.4, -0.2) is 17.7 Å². The van der Waals surface area contributed by atoms with Crippen molar-refractivity contribution in [3.8, 4) is 0 Å². The zero-order valence-corrected chi connectivity index (χ0v) is 12.9. The fraction of sp³-hybridized carbons (Fsp3) is 0.500. The van der Waals surface area contributed by atoms with E-state index in [1.807, 2.05) is 22.9 Å². The summed E-state index contributed by atoms with van der Waals surface area (Å²) in [6.07, 6.45) is 5.87. The number of imidazole rings is 1. The van der Waals surface area contributed by atoms with Gasteiger partial charge in [-0.2, -0.15) is 0 Å². The molecule has 0 aliphatic carbocycles. The van der Waals surface area contributed by atoms with Crippen LogP contribution in [-0.2, 0) is 11.0 Å². The van der Waals surface area contributed by atoms with Gasteiger partial charge < -0.3 is 8.83 Å². The van der Waals surface area contributed by atoms with Gasteiger partial charge >= 0.3 is 0 Å². The van der Waals surface area contributed by atoms with Crippen molar-refractivity contribution in [3.05, 3.63) is 36.3 Å². The van der Waals surface area contributed by atoms with E-state index in [1.165, 1.54) is 5.56 Å². The van der Waals surface area contributed by atoms with Gasteiger partial charge in [-0.3, -0.25) is 0 Å². The molecule has 0 fully saturated rings. The van der Waals surface area contributed by atoms with Crippen LogP contribution in [0.15, 0.2) is 30.7 Å². The molecule has 0 radical (unpaired) electrons. The van der Waals surface area contributed by atoms with E-state index in [4.69, 9.17) is 4.43 Å². The Morgan fingerprint density at radius 3 is 2.67 bits per heavy atom. The summed E-state index contributed by atoms with van der Waals surface area (Å²) in [7, 11) is -1.66. The highest BCUT2D eigenvalue weighted by atomic mass is 28.4. The molecule has 0 saturated carbocycles. The van der Waals surface area contributed by atoms with Gasteiger partial charge in [-0.25, -0.2) is 4.98 Å². The predicted octanol–water partition coefficient (Wildman–Crippen LogP) is 3.86. The van der Waals surface area contributed by atoms with Gasteiger partial charge in [0.2, 0.25) is 0 Å². The molecule has 0 aromatic carbocycles. The summed E-state index contributed by atoms with van der Waals surface area (Å²) in [5.41, 5.74) is 2.18. The zero-order chi connectivity index (χ0) is 13.4. The van der Waals surface area contributed by atoms with E-state index < -0.39 is 8.32 Å². The summed E-state index contributed by atoms with van der Waals surface area (Å²) in [4.78, 5) is 4.24. The first-order chi connectivity index (χ1) is 8.29. The Bertz CT molecular complexity index is 540. The molecule has 0 atom stereocenters. The molecule has 4 heteroatoms. The molecule has 0 N–H and O–H groups in total. The molecule has 98 valence electrons. The molecule has 0 spiro atoms. The van der Waals surface area contributed by atoms with Crippen LogP contribution in [0.25, 0.3) is 5.65 Å². The second-order valence-electron chi connectivity index (χ2n) is 6.28. The Morgan fingerprint density at radius 2 is 2.00 bits per heavy atom. The van der Waals surface area contributed by atoms with Gasteiger partial charge in [0.15, 0.2) is 8.32 Å². The number of pyridine rings is 1. The first kappa shape index (κ1) is 13.3. The van der Waals surface area contributed by atoms with Crippen LogP contribution in [0.4, 0.5) is 0 Å². The highest BCUT2D eigenvalue weighted by molar-refractivity contribution is 6.74. The quantitative estimate of drug-likeness (QED) is 0.785. The van der Waals surface area contributed by atoms with Crippen molar-refractivity contribution < 1.29 is 4.43 Å². The summed E-state index contributed by atoms with van der Waals surface area (Å²) in [5.74, 6) is 0. The third kappa shape index (κ3) is 2.65. The van der Waals surface area contributed by atoms with Gasteiger partial charge in [0.25, 0.3) is 0 Å². The first-order valence-corrected chi connectivity index (χ1v) is 9.26. The summed E-state index contributed by atoms with van der Waals surface area (Å²) < 4.78 is 8.24. The molecule has 0 saturated heterocycles. The normalized spacial score (nSPS) is 13.2. The third-order valence-corrected chi connectivity index (χ3v) is 8.33. The summed E-state index contributed by atoms with van der Waals surface area (Å²) in [5, 5.41) is 0.256. The number of rotatable bonds is 3. The molecule has 0 bridgehead atoms. The second kappa shape index (κ2) is 4.52. The minimum Gasteiger partial charge on any atom is -0.413 e. The lowest BCUT2D eigenvalue weighted by Crippen LogP contribution is -2.40. The van der Waals surface area contributed by atoms with Crippen LogP contribution in [0, 0.1) is 0 Å². The van der Waals surface area contributed by atoms with Crippen LogP contribution in [0.2, 0.25) is 18.1 Å². The van der Waals surface area contributed by atoms with Crippen molar-refractivity contribution in [2.24, 2.45) is 0 Å². The molecule has 2 aromatic heterocycles. The average molecular weight is 262 g/mol. The summed E-state index contributed by atoms with van der Waals surface area (Å²) in [6, 6.07) is 4.12. The van der Waals surface area contributed by atoms with Crippen molar-refractivity contribution in [2.75, 3.05) is 0 Å². The maximum absolute atomic E-state index is 6.21. The minimum absolute atomic E-state index is 0.256. The lowest BCUT2D eigenvalue weighted by Gasteiger charge is -2.36. The SMILES string of the molecule is CC(C)(C)[Si](C)(C)OCc1ccc2nccn2c1. The van der Waals surface area contributed by atoms with Gasteiger partial charge in [-0.05, 0) is 29.8 Å². The molecule has 18 heavy (non-hydrogen) atoms. The summed E-state index contributed by atoms with van der Waals surface area (Å²) >= 11 is 0. The highest BCUT2D eigenvalue weighted by Gasteiger charge is 2.36. The average Bonchev–Trinajstić information content (AvgIpc) is 2.71. The molecule has 0 unspecified atom stereocenters. The van der Waals surface area contributed by atoms with E-state index in [1.54, 1.807) is 0 Å². The van der Waals surface area contributed by atoms with E-state index in [0.29, 0.717) is 6.61 Å². The molecule has 0 amide bonds. The molecular weight excluding hydrogens is 240 g/mol. The van der Waals surface area contributed by atoms with Crippen LogP contribution in [0.1, 0.15) is 26.3 Å². The van der Waals surface area contributed by atoms with E-state index >= 15 is 0 Å². The Balaban J connectivity index is 2.10. The van der Waals surface area contributed by atoms with E-state index in [-0.39, 0.29) is 5.04 Å². The summed E-state index contributed by atoms with van der Waals surface area (Å²) in [6.45, 7) is 12.0. The number of aromatic nitrogens is 2. The maximum atomic E-state index is 6.21. The van der Waals surface area contributed by atoms with Gasteiger partial charge in [0, 0.05) is 18.6 Å². The van der Waals surface area contributed by atoms with Crippen LogP contribution < -0.4 is 0 Å². The third-order valence-electron chi connectivity index (χ3n) is 3.86. The molecular formula is C14H22N2OSi. The molecule has 2 aromatic rings. The molecule has 2 rings (SSSR count). The maximum Gasteiger partial charge on any atom is 0.192 e. The van der Waals surface area contributed by atoms with Gasteiger partial charge in [-0.1, -0.05) is 26.8 Å². The van der Waals surface area contributed by atoms with E-state index in [0.717, 1.165) is 5.65 Å². The van der Waals surface area contributed by atoms with Gasteiger partial charge in [-0.15, -0.1) is 0 Å². The Labute approximate surface area is 110 Å². The largest absolute Gasteiger partial charge is 0.413 e. The van der Waals surface area contributed by atoms with Gasteiger partial charge in [0.05, 0.1) is 6.61 Å². The fourth-order valence-corrected chi connectivity index (χ4v) is 2.49. The van der Waals surface area contributed by atoms with Crippen LogP contribution in [0.5, 0.6) is 0 Å². The minimum atomic E-state index is -1.66. The van der Waals surface area contributed by atoms with Crippen molar-refractivity contribution in [1.29, 1.82) is 0 Å². The van der Waals surface area contributed by atoms with E-state index in [9.17, 15) is 0 Å². The topological polar surface area (TPSA) is 26.5 Å². The fourth-order valence-electron chi connectivity index (χ4n) is 1.53. The van der Waals surface area contributed by atoms with Crippen LogP contribution >= 0.6 is 0 Å².